The SMILES string of the molecule is CCOC(=O)c1c(N)sc(-c2ccc(-n3cnc(C)c3)c(OC)c2)c1C(=O)OCC. The van der Waals surface area contributed by atoms with Crippen LogP contribution in [-0.4, -0.2) is 41.8 Å². The molecule has 30 heavy (non-hydrogen) atoms. The number of ether oxygens (including phenoxy) is 3. The predicted octanol–water partition coefficient (Wildman–Crippen LogP) is 3.85. The zero-order valence-electron chi connectivity index (χ0n) is 17.2. The van der Waals surface area contributed by atoms with Gasteiger partial charge in [0.2, 0.25) is 0 Å². The van der Waals surface area contributed by atoms with E-state index >= 15 is 0 Å². The first-order valence-electron chi connectivity index (χ1n) is 9.37. The number of hydrogen-bond donors (Lipinski definition) is 1. The molecule has 0 radical (unpaired) electrons. The minimum atomic E-state index is -0.655. The number of rotatable bonds is 7. The van der Waals surface area contributed by atoms with Gasteiger partial charge in [0.25, 0.3) is 0 Å². The van der Waals surface area contributed by atoms with Gasteiger partial charge < -0.3 is 24.5 Å². The average Bonchev–Trinajstić information content (AvgIpc) is 3.31. The summed E-state index contributed by atoms with van der Waals surface area (Å²) in [4.78, 5) is 29.9. The summed E-state index contributed by atoms with van der Waals surface area (Å²) in [5.41, 5.74) is 8.57. The summed E-state index contributed by atoms with van der Waals surface area (Å²) >= 11 is 1.13. The van der Waals surface area contributed by atoms with E-state index in [-0.39, 0.29) is 29.3 Å². The van der Waals surface area contributed by atoms with E-state index < -0.39 is 11.9 Å². The number of esters is 2. The first kappa shape index (κ1) is 21.4. The number of aromatic nitrogens is 2. The Morgan fingerprint density at radius 3 is 2.37 bits per heavy atom. The van der Waals surface area contributed by atoms with Crippen molar-refractivity contribution in [3.05, 3.63) is 47.5 Å². The Morgan fingerprint density at radius 1 is 1.13 bits per heavy atom. The van der Waals surface area contributed by atoms with Gasteiger partial charge in [0.15, 0.2) is 0 Å². The topological polar surface area (TPSA) is 106 Å². The third-order valence-electron chi connectivity index (χ3n) is 4.33. The highest BCUT2D eigenvalue weighted by atomic mass is 32.1. The van der Waals surface area contributed by atoms with E-state index in [0.717, 1.165) is 22.7 Å². The molecule has 0 atom stereocenters. The Kier molecular flexibility index (Phi) is 6.41. The Morgan fingerprint density at radius 2 is 1.80 bits per heavy atom. The molecule has 2 heterocycles. The molecule has 0 unspecified atom stereocenters. The summed E-state index contributed by atoms with van der Waals surface area (Å²) in [6.07, 6.45) is 3.57. The summed E-state index contributed by atoms with van der Waals surface area (Å²) in [5.74, 6) is -0.709. The number of hydrogen-bond acceptors (Lipinski definition) is 8. The van der Waals surface area contributed by atoms with E-state index in [4.69, 9.17) is 19.9 Å². The molecule has 0 saturated heterocycles. The van der Waals surface area contributed by atoms with Crippen LogP contribution in [0.2, 0.25) is 0 Å². The molecular weight excluding hydrogens is 406 g/mol. The van der Waals surface area contributed by atoms with Crippen LogP contribution >= 0.6 is 11.3 Å². The van der Waals surface area contributed by atoms with Crippen LogP contribution < -0.4 is 10.5 Å². The van der Waals surface area contributed by atoms with Crippen LogP contribution in [0.3, 0.4) is 0 Å². The molecule has 0 spiro atoms. The molecule has 0 bridgehead atoms. The lowest BCUT2D eigenvalue weighted by Gasteiger charge is -2.12. The quantitative estimate of drug-likeness (QED) is 0.569. The van der Waals surface area contributed by atoms with Crippen molar-refractivity contribution in [2.24, 2.45) is 0 Å². The minimum Gasteiger partial charge on any atom is -0.495 e. The normalized spacial score (nSPS) is 10.7. The lowest BCUT2D eigenvalue weighted by molar-refractivity contribution is 0.0481. The Bertz CT molecular complexity index is 1090. The van der Waals surface area contributed by atoms with E-state index in [9.17, 15) is 9.59 Å². The smallest absolute Gasteiger partial charge is 0.342 e. The van der Waals surface area contributed by atoms with E-state index in [0.29, 0.717) is 16.2 Å². The molecule has 0 fully saturated rings. The van der Waals surface area contributed by atoms with Gasteiger partial charge in [0.1, 0.15) is 16.3 Å². The van der Waals surface area contributed by atoms with Crippen molar-refractivity contribution in [2.75, 3.05) is 26.1 Å². The number of methoxy groups -OCH3 is 1. The van der Waals surface area contributed by atoms with Gasteiger partial charge in [0, 0.05) is 6.20 Å². The second kappa shape index (κ2) is 9.00. The fourth-order valence-electron chi connectivity index (χ4n) is 3.04. The Hall–Kier alpha value is -3.33. The number of nitrogen functional groups attached to an aromatic ring is 1. The highest BCUT2D eigenvalue weighted by Crippen LogP contribution is 2.41. The van der Waals surface area contributed by atoms with Gasteiger partial charge in [-0.2, -0.15) is 0 Å². The summed E-state index contributed by atoms with van der Waals surface area (Å²) < 4.78 is 17.7. The fourth-order valence-corrected chi connectivity index (χ4v) is 4.08. The van der Waals surface area contributed by atoms with Crippen LogP contribution in [0.5, 0.6) is 5.75 Å². The second-order valence-corrected chi connectivity index (χ2v) is 7.35. The monoisotopic (exact) mass is 429 g/mol. The molecule has 0 saturated carbocycles. The molecular formula is C21H23N3O5S. The van der Waals surface area contributed by atoms with E-state index in [1.807, 2.05) is 29.8 Å². The molecule has 2 aromatic heterocycles. The largest absolute Gasteiger partial charge is 0.495 e. The van der Waals surface area contributed by atoms with Crippen LogP contribution in [0.15, 0.2) is 30.7 Å². The highest BCUT2D eigenvalue weighted by Gasteiger charge is 2.30. The predicted molar refractivity (Wildman–Crippen MR) is 114 cm³/mol. The zero-order chi connectivity index (χ0) is 21.8. The van der Waals surface area contributed by atoms with Crippen molar-refractivity contribution >= 4 is 28.3 Å². The van der Waals surface area contributed by atoms with Gasteiger partial charge in [-0.05, 0) is 38.5 Å². The fraction of sp³-hybridized carbons (Fsp3) is 0.286. The Balaban J connectivity index is 2.16. The summed E-state index contributed by atoms with van der Waals surface area (Å²) in [6, 6.07) is 5.47. The van der Waals surface area contributed by atoms with Crippen molar-refractivity contribution < 1.29 is 23.8 Å². The average molecular weight is 429 g/mol. The lowest BCUT2D eigenvalue weighted by Crippen LogP contribution is -2.14. The molecule has 0 aliphatic carbocycles. The molecule has 8 nitrogen and oxygen atoms in total. The number of nitrogens with two attached hydrogens (primary N) is 1. The number of aryl methyl sites for hydroxylation is 1. The van der Waals surface area contributed by atoms with Crippen molar-refractivity contribution in [1.82, 2.24) is 9.55 Å². The summed E-state index contributed by atoms with van der Waals surface area (Å²) in [5, 5.41) is 0.194. The van der Waals surface area contributed by atoms with Crippen molar-refractivity contribution in [1.29, 1.82) is 0 Å². The molecule has 158 valence electrons. The van der Waals surface area contributed by atoms with Crippen molar-refractivity contribution in [3.8, 4) is 21.9 Å². The van der Waals surface area contributed by atoms with E-state index in [2.05, 4.69) is 4.98 Å². The molecule has 3 aromatic rings. The molecule has 0 amide bonds. The van der Waals surface area contributed by atoms with Gasteiger partial charge in [-0.25, -0.2) is 14.6 Å². The number of carbonyl (C=O) groups is 2. The van der Waals surface area contributed by atoms with Crippen LogP contribution in [0.1, 0.15) is 40.3 Å². The van der Waals surface area contributed by atoms with Crippen LogP contribution in [0.4, 0.5) is 5.00 Å². The Labute approximate surface area is 178 Å². The van der Waals surface area contributed by atoms with E-state index in [1.54, 1.807) is 33.4 Å². The number of anilines is 1. The highest BCUT2D eigenvalue weighted by molar-refractivity contribution is 7.20. The van der Waals surface area contributed by atoms with Gasteiger partial charge >= 0.3 is 11.9 Å². The van der Waals surface area contributed by atoms with Gasteiger partial charge in [-0.3, -0.25) is 0 Å². The summed E-state index contributed by atoms with van der Waals surface area (Å²) in [7, 11) is 1.56. The minimum absolute atomic E-state index is 0.0311. The number of nitrogens with zero attached hydrogens (tertiary/aromatic N) is 2. The molecule has 1 aromatic carbocycles. The van der Waals surface area contributed by atoms with Gasteiger partial charge in [-0.1, -0.05) is 6.07 Å². The molecule has 0 aliphatic rings. The number of thiophene rings is 1. The molecule has 3 rings (SSSR count). The lowest BCUT2D eigenvalue weighted by atomic mass is 10.0. The van der Waals surface area contributed by atoms with Crippen LogP contribution in [0.25, 0.3) is 16.1 Å². The molecule has 0 aliphatic heterocycles. The molecule has 9 heteroatoms. The number of benzene rings is 1. The maximum absolute atomic E-state index is 12.7. The first-order valence-corrected chi connectivity index (χ1v) is 10.2. The van der Waals surface area contributed by atoms with E-state index in [1.165, 1.54) is 0 Å². The third kappa shape index (κ3) is 4.02. The van der Waals surface area contributed by atoms with Crippen molar-refractivity contribution in [3.63, 3.8) is 0 Å². The number of carbonyl (C=O) groups excluding carboxylic acids is 2. The van der Waals surface area contributed by atoms with Gasteiger partial charge in [-0.15, -0.1) is 11.3 Å². The zero-order valence-corrected chi connectivity index (χ0v) is 18.0. The van der Waals surface area contributed by atoms with Crippen molar-refractivity contribution in [2.45, 2.75) is 20.8 Å². The standard InChI is InChI=1S/C21H23N3O5S/c1-5-28-20(25)16-17(21(26)29-6-2)19(22)30-18(16)13-7-8-14(15(9-13)27-4)24-10-12(3)23-11-24/h7-11H,5-6,22H2,1-4H3. The maximum atomic E-state index is 12.7. The summed E-state index contributed by atoms with van der Waals surface area (Å²) in [6.45, 7) is 5.61. The maximum Gasteiger partial charge on any atom is 0.342 e. The van der Waals surface area contributed by atoms with Crippen LogP contribution in [0, 0.1) is 6.92 Å². The number of imidazole rings is 1. The van der Waals surface area contributed by atoms with Gasteiger partial charge in [0.05, 0.1) is 48.5 Å². The third-order valence-corrected chi connectivity index (χ3v) is 5.39. The first-order chi connectivity index (χ1) is 14.4. The molecule has 2 N–H and O–H groups in total. The second-order valence-electron chi connectivity index (χ2n) is 6.30. The van der Waals surface area contributed by atoms with Crippen LogP contribution in [-0.2, 0) is 9.47 Å².